The van der Waals surface area contributed by atoms with Gasteiger partial charge in [0.1, 0.15) is 6.54 Å². The predicted molar refractivity (Wildman–Crippen MR) is 111 cm³/mol. The lowest BCUT2D eigenvalue weighted by Gasteiger charge is -2.22. The van der Waals surface area contributed by atoms with Crippen molar-refractivity contribution in [2.24, 2.45) is 0 Å². The zero-order valence-electron chi connectivity index (χ0n) is 15.5. The van der Waals surface area contributed by atoms with Crippen molar-refractivity contribution in [1.82, 2.24) is 25.4 Å². The lowest BCUT2D eigenvalue weighted by Crippen LogP contribution is -2.38. The summed E-state index contributed by atoms with van der Waals surface area (Å²) >= 11 is 11.2. The second kappa shape index (κ2) is 9.84. The normalized spacial score (nSPS) is 14.6. The number of aromatic nitrogens is 3. The standard InChI is InChI=1S/C19H24ClN5O2S/c20-14-8-6-13(7-9-14)18-23-24-19(28)25(18)12-17(27)21-11-10-16(26)22-15-4-2-1-3-5-15/h6-9,15H,1-5,10-12H2,(H,21,27)(H,22,26)(H,24,28). The summed E-state index contributed by atoms with van der Waals surface area (Å²) in [4.78, 5) is 24.3. The van der Waals surface area contributed by atoms with Crippen molar-refractivity contribution in [2.75, 3.05) is 6.54 Å². The number of aromatic amines is 1. The second-order valence-electron chi connectivity index (χ2n) is 6.95. The lowest BCUT2D eigenvalue weighted by molar-refractivity contribution is -0.123. The Morgan fingerprint density at radius 1 is 1.18 bits per heavy atom. The van der Waals surface area contributed by atoms with E-state index >= 15 is 0 Å². The number of carbonyl (C=O) groups excluding carboxylic acids is 2. The van der Waals surface area contributed by atoms with Crippen LogP contribution >= 0.6 is 23.8 Å². The number of H-pyrrole nitrogens is 1. The Hall–Kier alpha value is -2.19. The fourth-order valence-electron chi connectivity index (χ4n) is 3.35. The molecule has 1 aromatic heterocycles. The molecule has 0 spiro atoms. The number of rotatable bonds is 7. The number of nitrogens with one attached hydrogen (secondary N) is 3. The third-order valence-corrected chi connectivity index (χ3v) is 5.37. The van der Waals surface area contributed by atoms with E-state index in [0.717, 1.165) is 18.4 Å². The minimum Gasteiger partial charge on any atom is -0.354 e. The van der Waals surface area contributed by atoms with Crippen molar-refractivity contribution in [3.63, 3.8) is 0 Å². The van der Waals surface area contributed by atoms with Gasteiger partial charge in [0.25, 0.3) is 0 Å². The van der Waals surface area contributed by atoms with E-state index in [1.54, 1.807) is 16.7 Å². The van der Waals surface area contributed by atoms with Crippen molar-refractivity contribution in [1.29, 1.82) is 0 Å². The fourth-order valence-corrected chi connectivity index (χ4v) is 3.67. The van der Waals surface area contributed by atoms with E-state index in [0.29, 0.717) is 22.2 Å². The summed E-state index contributed by atoms with van der Waals surface area (Å²) in [5.74, 6) is 0.319. The van der Waals surface area contributed by atoms with Crippen LogP contribution in [0.15, 0.2) is 24.3 Å². The number of amides is 2. The number of hydrogen-bond acceptors (Lipinski definition) is 4. The summed E-state index contributed by atoms with van der Waals surface area (Å²) in [6.07, 6.45) is 5.95. The van der Waals surface area contributed by atoms with Crippen LogP contribution in [0.2, 0.25) is 5.02 Å². The first-order valence-corrected chi connectivity index (χ1v) is 10.3. The highest BCUT2D eigenvalue weighted by molar-refractivity contribution is 7.71. The van der Waals surface area contributed by atoms with Gasteiger partial charge in [-0.15, -0.1) is 0 Å². The molecule has 1 aliphatic carbocycles. The summed E-state index contributed by atoms with van der Waals surface area (Å²) in [5, 5.41) is 13.4. The molecule has 150 valence electrons. The molecule has 1 aromatic carbocycles. The molecule has 0 atom stereocenters. The largest absolute Gasteiger partial charge is 0.354 e. The quantitative estimate of drug-likeness (QED) is 0.598. The summed E-state index contributed by atoms with van der Waals surface area (Å²) in [5.41, 5.74) is 0.802. The molecular formula is C19H24ClN5O2S. The molecule has 0 saturated heterocycles. The molecule has 2 amide bonds. The van der Waals surface area contributed by atoms with Crippen molar-refractivity contribution < 1.29 is 9.59 Å². The predicted octanol–water partition coefficient (Wildman–Crippen LogP) is 3.22. The van der Waals surface area contributed by atoms with Gasteiger partial charge in [0.05, 0.1) is 0 Å². The minimum absolute atomic E-state index is 0.0195. The van der Waals surface area contributed by atoms with Crippen molar-refractivity contribution in [3.8, 4) is 11.4 Å². The minimum atomic E-state index is -0.224. The van der Waals surface area contributed by atoms with Crippen LogP contribution in [-0.2, 0) is 16.1 Å². The molecule has 0 aliphatic heterocycles. The SMILES string of the molecule is O=C(Cn1c(-c2ccc(Cl)cc2)n[nH]c1=S)NCCC(=O)NC1CCCCC1. The molecule has 3 rings (SSSR count). The van der Waals surface area contributed by atoms with Gasteiger partial charge in [-0.3, -0.25) is 19.3 Å². The molecular weight excluding hydrogens is 398 g/mol. The van der Waals surface area contributed by atoms with Gasteiger partial charge in [-0.25, -0.2) is 0 Å². The van der Waals surface area contributed by atoms with Crippen LogP contribution < -0.4 is 10.6 Å². The van der Waals surface area contributed by atoms with Crippen LogP contribution in [0.4, 0.5) is 0 Å². The van der Waals surface area contributed by atoms with Crippen LogP contribution in [0.5, 0.6) is 0 Å². The summed E-state index contributed by atoms with van der Waals surface area (Å²) in [6, 6.07) is 7.42. The molecule has 1 aliphatic rings. The average molecular weight is 422 g/mol. The molecule has 3 N–H and O–H groups in total. The molecule has 0 bridgehead atoms. The maximum absolute atomic E-state index is 12.3. The average Bonchev–Trinajstić information content (AvgIpc) is 3.03. The van der Waals surface area contributed by atoms with Crippen LogP contribution in [-0.4, -0.2) is 39.2 Å². The van der Waals surface area contributed by atoms with Gasteiger partial charge in [-0.1, -0.05) is 30.9 Å². The molecule has 2 aromatic rings. The second-order valence-corrected chi connectivity index (χ2v) is 7.77. The van der Waals surface area contributed by atoms with E-state index in [2.05, 4.69) is 20.8 Å². The number of carbonyl (C=O) groups is 2. The van der Waals surface area contributed by atoms with Gasteiger partial charge >= 0.3 is 0 Å². The third-order valence-electron chi connectivity index (χ3n) is 4.81. The highest BCUT2D eigenvalue weighted by Crippen LogP contribution is 2.20. The highest BCUT2D eigenvalue weighted by atomic mass is 35.5. The Morgan fingerprint density at radius 3 is 2.61 bits per heavy atom. The molecule has 1 heterocycles. The number of nitrogens with zero attached hydrogens (tertiary/aromatic N) is 2. The fraction of sp³-hybridized carbons (Fsp3) is 0.474. The van der Waals surface area contributed by atoms with E-state index in [4.69, 9.17) is 23.8 Å². The Balaban J connectivity index is 1.50. The van der Waals surface area contributed by atoms with E-state index in [1.165, 1.54) is 19.3 Å². The van der Waals surface area contributed by atoms with Crippen molar-refractivity contribution in [3.05, 3.63) is 34.1 Å². The summed E-state index contributed by atoms with van der Waals surface area (Å²) in [6.45, 7) is 0.316. The Morgan fingerprint density at radius 2 is 1.89 bits per heavy atom. The number of hydrogen-bond donors (Lipinski definition) is 3. The van der Waals surface area contributed by atoms with Gasteiger partial charge in [0.15, 0.2) is 10.6 Å². The van der Waals surface area contributed by atoms with E-state index in [-0.39, 0.29) is 30.8 Å². The number of benzene rings is 1. The molecule has 7 nitrogen and oxygen atoms in total. The van der Waals surface area contributed by atoms with Crippen molar-refractivity contribution in [2.45, 2.75) is 51.1 Å². The molecule has 9 heteroatoms. The molecule has 1 fully saturated rings. The topological polar surface area (TPSA) is 91.8 Å². The lowest BCUT2D eigenvalue weighted by atomic mass is 9.95. The summed E-state index contributed by atoms with van der Waals surface area (Å²) in [7, 11) is 0. The van der Waals surface area contributed by atoms with Crippen LogP contribution in [0.3, 0.4) is 0 Å². The smallest absolute Gasteiger partial charge is 0.240 e. The third kappa shape index (κ3) is 5.65. The zero-order chi connectivity index (χ0) is 19.9. The van der Waals surface area contributed by atoms with Gasteiger partial charge in [-0.2, -0.15) is 5.10 Å². The Bertz CT molecular complexity index is 871. The maximum Gasteiger partial charge on any atom is 0.240 e. The maximum atomic E-state index is 12.3. The van der Waals surface area contributed by atoms with E-state index < -0.39 is 0 Å². The first-order valence-electron chi connectivity index (χ1n) is 9.50. The van der Waals surface area contributed by atoms with E-state index in [9.17, 15) is 9.59 Å². The monoisotopic (exact) mass is 421 g/mol. The molecule has 0 unspecified atom stereocenters. The van der Waals surface area contributed by atoms with Crippen LogP contribution in [0.1, 0.15) is 38.5 Å². The van der Waals surface area contributed by atoms with Gasteiger partial charge in [0, 0.05) is 29.6 Å². The number of halogens is 1. The molecule has 28 heavy (non-hydrogen) atoms. The first kappa shape index (κ1) is 20.5. The van der Waals surface area contributed by atoms with Gasteiger partial charge in [0.2, 0.25) is 11.8 Å². The van der Waals surface area contributed by atoms with E-state index in [1.807, 2.05) is 12.1 Å². The van der Waals surface area contributed by atoms with Crippen LogP contribution in [0, 0.1) is 4.77 Å². The first-order chi connectivity index (χ1) is 13.5. The zero-order valence-corrected chi connectivity index (χ0v) is 17.1. The van der Waals surface area contributed by atoms with Crippen molar-refractivity contribution >= 4 is 35.6 Å². The highest BCUT2D eigenvalue weighted by Gasteiger charge is 2.16. The molecule has 1 saturated carbocycles. The summed E-state index contributed by atoms with van der Waals surface area (Å²) < 4.78 is 1.98. The Kier molecular flexibility index (Phi) is 7.22. The molecule has 0 radical (unpaired) electrons. The van der Waals surface area contributed by atoms with Gasteiger partial charge < -0.3 is 10.6 Å². The van der Waals surface area contributed by atoms with Crippen LogP contribution in [0.25, 0.3) is 11.4 Å². The van der Waals surface area contributed by atoms with Gasteiger partial charge in [-0.05, 0) is 49.3 Å². The Labute approximate surface area is 173 Å².